The predicted molar refractivity (Wildman–Crippen MR) is 111 cm³/mol. The fourth-order valence-corrected chi connectivity index (χ4v) is 3.59. The Morgan fingerprint density at radius 2 is 1.67 bits per heavy atom. The quantitative estimate of drug-likeness (QED) is 0.717. The highest BCUT2D eigenvalue weighted by Crippen LogP contribution is 2.27. The molecule has 1 saturated heterocycles. The summed E-state index contributed by atoms with van der Waals surface area (Å²) in [6.45, 7) is 2.82. The van der Waals surface area contributed by atoms with Crippen LogP contribution < -0.4 is 15.0 Å². The molecule has 1 aliphatic heterocycles. The third kappa shape index (κ3) is 4.13. The fraction of sp³-hybridized carbons (Fsp3) is 0.364. The Morgan fingerprint density at radius 1 is 0.926 bits per heavy atom. The molecule has 0 aliphatic carbocycles. The van der Waals surface area contributed by atoms with Gasteiger partial charge in [0.15, 0.2) is 0 Å². The molecule has 140 valence electrons. The number of benzene rings is 2. The molecular formula is C22H26N4O. The molecule has 0 unspecified atom stereocenters. The standard InChI is InChI=1S/C22H26N4O/c1-27-18-12-10-17(11-13-18)16-23-22-24-20-9-5-4-8-19(20)21(25-22)26-14-6-2-3-7-15-26/h4-5,8-13H,2-3,6-7,14-16H2,1H3,(H,23,24,25). The Bertz CT molecular complexity index is 886. The Kier molecular flexibility index (Phi) is 5.37. The van der Waals surface area contributed by atoms with E-state index in [2.05, 4.69) is 40.5 Å². The first-order valence-electron chi connectivity index (χ1n) is 9.72. The zero-order chi connectivity index (χ0) is 18.5. The van der Waals surface area contributed by atoms with E-state index < -0.39 is 0 Å². The summed E-state index contributed by atoms with van der Waals surface area (Å²) in [7, 11) is 1.68. The van der Waals surface area contributed by atoms with Gasteiger partial charge < -0.3 is 15.0 Å². The molecule has 5 nitrogen and oxygen atoms in total. The second-order valence-electron chi connectivity index (χ2n) is 6.99. The van der Waals surface area contributed by atoms with Crippen molar-refractivity contribution in [3.63, 3.8) is 0 Å². The number of ether oxygens (including phenoxy) is 1. The number of fused-ring (bicyclic) bond motifs is 1. The average molecular weight is 362 g/mol. The molecule has 2 aromatic carbocycles. The van der Waals surface area contributed by atoms with Gasteiger partial charge in [-0.05, 0) is 42.7 Å². The van der Waals surface area contributed by atoms with Crippen LogP contribution in [-0.4, -0.2) is 30.2 Å². The van der Waals surface area contributed by atoms with Crippen LogP contribution in [0.15, 0.2) is 48.5 Å². The molecule has 0 atom stereocenters. The van der Waals surface area contributed by atoms with Crippen molar-refractivity contribution >= 4 is 22.7 Å². The van der Waals surface area contributed by atoms with Crippen LogP contribution in [0.1, 0.15) is 31.2 Å². The first kappa shape index (κ1) is 17.6. The monoisotopic (exact) mass is 362 g/mol. The van der Waals surface area contributed by atoms with E-state index in [0.29, 0.717) is 12.5 Å². The molecule has 0 spiro atoms. The Balaban J connectivity index is 1.60. The molecule has 3 aromatic rings. The number of nitrogens with zero attached hydrogens (tertiary/aromatic N) is 3. The molecular weight excluding hydrogens is 336 g/mol. The maximum absolute atomic E-state index is 5.22. The summed E-state index contributed by atoms with van der Waals surface area (Å²) in [5.41, 5.74) is 2.16. The fourth-order valence-electron chi connectivity index (χ4n) is 3.59. The van der Waals surface area contributed by atoms with Crippen LogP contribution in [0.4, 0.5) is 11.8 Å². The summed E-state index contributed by atoms with van der Waals surface area (Å²) in [6, 6.07) is 16.4. The molecule has 4 rings (SSSR count). The number of aromatic nitrogens is 2. The summed E-state index contributed by atoms with van der Waals surface area (Å²) in [5, 5.41) is 4.53. The first-order valence-corrected chi connectivity index (χ1v) is 9.72. The Labute approximate surface area is 160 Å². The van der Waals surface area contributed by atoms with E-state index in [9.17, 15) is 0 Å². The molecule has 0 bridgehead atoms. The molecule has 0 saturated carbocycles. The van der Waals surface area contributed by atoms with Crippen LogP contribution in [0.2, 0.25) is 0 Å². The summed E-state index contributed by atoms with van der Waals surface area (Å²) in [5.74, 6) is 2.60. The van der Waals surface area contributed by atoms with Crippen molar-refractivity contribution in [2.24, 2.45) is 0 Å². The number of rotatable bonds is 5. The molecule has 1 N–H and O–H groups in total. The van der Waals surface area contributed by atoms with Crippen molar-refractivity contribution in [1.29, 1.82) is 0 Å². The van der Waals surface area contributed by atoms with Gasteiger partial charge >= 0.3 is 0 Å². The predicted octanol–water partition coefficient (Wildman–Crippen LogP) is 4.63. The van der Waals surface area contributed by atoms with Crippen molar-refractivity contribution in [3.8, 4) is 5.75 Å². The molecule has 27 heavy (non-hydrogen) atoms. The van der Waals surface area contributed by atoms with Gasteiger partial charge in [0.1, 0.15) is 11.6 Å². The minimum absolute atomic E-state index is 0.682. The van der Waals surface area contributed by atoms with Crippen LogP contribution >= 0.6 is 0 Å². The van der Waals surface area contributed by atoms with Gasteiger partial charge in [0.2, 0.25) is 5.95 Å². The van der Waals surface area contributed by atoms with Gasteiger partial charge in [0.05, 0.1) is 12.6 Å². The minimum Gasteiger partial charge on any atom is -0.497 e. The van der Waals surface area contributed by atoms with E-state index in [4.69, 9.17) is 14.7 Å². The van der Waals surface area contributed by atoms with Gasteiger partial charge in [-0.15, -0.1) is 0 Å². The molecule has 1 aromatic heterocycles. The van der Waals surface area contributed by atoms with E-state index in [0.717, 1.165) is 35.6 Å². The largest absolute Gasteiger partial charge is 0.497 e. The van der Waals surface area contributed by atoms with Crippen LogP contribution in [0.5, 0.6) is 5.75 Å². The maximum atomic E-state index is 5.22. The molecule has 0 radical (unpaired) electrons. The zero-order valence-electron chi connectivity index (χ0n) is 15.8. The SMILES string of the molecule is COc1ccc(CNc2nc(N3CCCCCC3)c3ccccc3n2)cc1. The maximum Gasteiger partial charge on any atom is 0.225 e. The highest BCUT2D eigenvalue weighted by molar-refractivity contribution is 5.90. The normalized spacial score (nSPS) is 14.8. The van der Waals surface area contributed by atoms with Gasteiger partial charge in [0.25, 0.3) is 0 Å². The van der Waals surface area contributed by atoms with Crippen LogP contribution in [0, 0.1) is 0 Å². The van der Waals surface area contributed by atoms with Crippen molar-refractivity contribution in [2.45, 2.75) is 32.2 Å². The lowest BCUT2D eigenvalue weighted by Gasteiger charge is -2.23. The van der Waals surface area contributed by atoms with Gasteiger partial charge in [-0.2, -0.15) is 4.98 Å². The third-order valence-electron chi connectivity index (χ3n) is 5.10. The summed E-state index contributed by atoms with van der Waals surface area (Å²) in [6.07, 6.45) is 5.07. The lowest BCUT2D eigenvalue weighted by atomic mass is 10.2. The number of nitrogens with one attached hydrogen (secondary N) is 1. The van der Waals surface area contributed by atoms with E-state index in [-0.39, 0.29) is 0 Å². The molecule has 1 fully saturated rings. The zero-order valence-corrected chi connectivity index (χ0v) is 15.8. The second kappa shape index (κ2) is 8.25. The minimum atomic E-state index is 0.682. The van der Waals surface area contributed by atoms with E-state index >= 15 is 0 Å². The summed E-state index contributed by atoms with van der Waals surface area (Å²) < 4.78 is 5.22. The van der Waals surface area contributed by atoms with Crippen LogP contribution in [-0.2, 0) is 6.54 Å². The van der Waals surface area contributed by atoms with Gasteiger partial charge in [-0.1, -0.05) is 37.1 Å². The molecule has 0 amide bonds. The number of methoxy groups -OCH3 is 1. The van der Waals surface area contributed by atoms with E-state index in [1.807, 2.05) is 18.2 Å². The van der Waals surface area contributed by atoms with Crippen molar-refractivity contribution in [1.82, 2.24) is 9.97 Å². The highest BCUT2D eigenvalue weighted by Gasteiger charge is 2.16. The number of hydrogen-bond donors (Lipinski definition) is 1. The smallest absolute Gasteiger partial charge is 0.225 e. The lowest BCUT2D eigenvalue weighted by Crippen LogP contribution is -2.25. The van der Waals surface area contributed by atoms with Crippen molar-refractivity contribution in [3.05, 3.63) is 54.1 Å². The number of para-hydroxylation sites is 1. The van der Waals surface area contributed by atoms with Gasteiger partial charge in [-0.3, -0.25) is 0 Å². The van der Waals surface area contributed by atoms with Crippen molar-refractivity contribution < 1.29 is 4.74 Å². The Morgan fingerprint density at radius 3 is 2.41 bits per heavy atom. The van der Waals surface area contributed by atoms with Crippen molar-refractivity contribution in [2.75, 3.05) is 30.4 Å². The molecule has 1 aliphatic rings. The third-order valence-corrected chi connectivity index (χ3v) is 5.10. The lowest BCUT2D eigenvalue weighted by molar-refractivity contribution is 0.414. The van der Waals surface area contributed by atoms with E-state index in [1.54, 1.807) is 7.11 Å². The van der Waals surface area contributed by atoms with E-state index in [1.165, 1.54) is 31.2 Å². The molecule has 2 heterocycles. The van der Waals surface area contributed by atoms with Gasteiger partial charge in [0, 0.05) is 25.0 Å². The number of hydrogen-bond acceptors (Lipinski definition) is 5. The summed E-state index contributed by atoms with van der Waals surface area (Å²) in [4.78, 5) is 12.0. The average Bonchev–Trinajstić information content (AvgIpc) is 3.01. The highest BCUT2D eigenvalue weighted by atomic mass is 16.5. The topological polar surface area (TPSA) is 50.3 Å². The Hall–Kier alpha value is -2.82. The van der Waals surface area contributed by atoms with Crippen LogP contribution in [0.25, 0.3) is 10.9 Å². The first-order chi connectivity index (χ1) is 13.3. The molecule has 5 heteroatoms. The number of anilines is 2. The second-order valence-corrected chi connectivity index (χ2v) is 6.99. The van der Waals surface area contributed by atoms with Crippen LogP contribution in [0.3, 0.4) is 0 Å². The van der Waals surface area contributed by atoms with Gasteiger partial charge in [-0.25, -0.2) is 4.98 Å². The summed E-state index contributed by atoms with van der Waals surface area (Å²) >= 11 is 0.